The maximum atomic E-state index is 14.0. The maximum absolute atomic E-state index is 14.0. The first-order chi connectivity index (χ1) is 62.5. The molecule has 31 nitrogen and oxygen atoms in total. The van der Waals surface area contributed by atoms with E-state index in [1.54, 1.807) is 69.6 Å². The minimum absolute atomic E-state index is 0. The number of ether oxygens (including phenoxy) is 4. The number of anilines is 3. The van der Waals surface area contributed by atoms with Crippen LogP contribution >= 0.6 is 24.0 Å². The molecule has 6 aromatic rings. The molecule has 8 N–H and O–H groups in total. The minimum Gasteiger partial charge on any atom is -0.449 e. The Morgan fingerprint density at radius 3 is 1.02 bits per heavy atom. The monoisotopic (exact) mass is 1890 g/mol. The smallest absolute Gasteiger partial charge is 0.416 e. The van der Waals surface area contributed by atoms with Gasteiger partial charge in [-0.1, -0.05) is 41.5 Å². The fraction of sp³-hybridized carbons (Fsp3) is 0.515. The number of H-pyrrole nitrogens is 3. The van der Waals surface area contributed by atoms with Gasteiger partial charge in [0.2, 0.25) is 0 Å². The van der Waals surface area contributed by atoms with Crippen molar-refractivity contribution >= 4 is 141 Å². The molecule has 3 fully saturated rings. The molecule has 11 amide bonds. The molecule has 36 heteroatoms. The maximum Gasteiger partial charge on any atom is 0.416 e. The number of aliphatic hydroxyl groups excluding tert-OH is 1. The van der Waals surface area contributed by atoms with E-state index in [1.807, 2.05) is 83.1 Å². The SMILES string of the molecule is CC(C)(C)OC(=O)N1CCC(CO)CC1.CCN(CC)CCN(C(=O)Cl)C(=O)c1c(C)[nH]c(/C=C2\C(=O)Nc3ccc(F)cc32)c1C.CCN(CC)CCN(C(=O)OCC1CCN(C(=O)OC(C)(C)C)CC1)C(=O)c1c(C)[nH]c(/C=C2\C(=O)Nc3ccc(F)cc32)c1C.CCN(CC)CCN(C(=O)OCC1CCNCC1)C(=O)c1c(C)[nH]c(/C=C2\C(=O)Nc3ccc(F)cc32)c1C.Cl. The lowest BCUT2D eigenvalue weighted by atomic mass is 9.98. The van der Waals surface area contributed by atoms with Crippen molar-refractivity contribution in [2.45, 2.75) is 174 Å². The van der Waals surface area contributed by atoms with Gasteiger partial charge in [0.15, 0.2) is 0 Å². The predicted octanol–water partition coefficient (Wildman–Crippen LogP) is 16.5. The highest BCUT2D eigenvalue weighted by molar-refractivity contribution is 6.64. The van der Waals surface area contributed by atoms with E-state index in [0.717, 1.165) is 87.8 Å². The third-order valence-corrected chi connectivity index (χ3v) is 24.6. The number of halogens is 5. The van der Waals surface area contributed by atoms with Gasteiger partial charge in [0, 0.05) is 140 Å². The molecule has 0 spiro atoms. The number of rotatable bonds is 26. The van der Waals surface area contributed by atoms with Gasteiger partial charge in [-0.05, 0) is 293 Å². The summed E-state index contributed by atoms with van der Waals surface area (Å²) in [6.45, 7) is 45.1. The number of carbonyl (C=O) groups is 11. The van der Waals surface area contributed by atoms with Gasteiger partial charge in [-0.25, -0.2) is 42.1 Å². The van der Waals surface area contributed by atoms with E-state index in [4.69, 9.17) is 35.7 Å². The van der Waals surface area contributed by atoms with E-state index in [2.05, 4.69) is 50.9 Å². The van der Waals surface area contributed by atoms with Crippen LogP contribution in [0.1, 0.15) is 220 Å². The molecule has 12 rings (SSSR count). The highest BCUT2D eigenvalue weighted by Gasteiger charge is 2.38. The van der Waals surface area contributed by atoms with Gasteiger partial charge in [0.1, 0.15) is 28.7 Å². The lowest BCUT2D eigenvalue weighted by Gasteiger charge is -2.33. The Kier molecular flexibility index (Phi) is 39.2. The Hall–Kier alpha value is -11.1. The molecule has 0 saturated carbocycles. The second-order valence-electron chi connectivity index (χ2n) is 35.7. The van der Waals surface area contributed by atoms with Crippen LogP contribution in [0.2, 0.25) is 0 Å². The summed E-state index contributed by atoms with van der Waals surface area (Å²) in [5.41, 5.74) is 8.72. The van der Waals surface area contributed by atoms with Gasteiger partial charge < -0.3 is 84.8 Å². The number of hydrogen-bond donors (Lipinski definition) is 8. The van der Waals surface area contributed by atoms with Crippen molar-refractivity contribution in [2.24, 2.45) is 17.8 Å². The molecule has 133 heavy (non-hydrogen) atoms. The zero-order valence-corrected chi connectivity index (χ0v) is 81.4. The molecule has 0 unspecified atom stereocenters. The topological polar surface area (TPSA) is 366 Å². The number of likely N-dealkylation sites (tertiary alicyclic amines) is 2. The highest BCUT2D eigenvalue weighted by Crippen LogP contribution is 2.39. The van der Waals surface area contributed by atoms with Crippen LogP contribution in [0, 0.1) is 76.7 Å². The molecule has 0 radical (unpaired) electrons. The van der Waals surface area contributed by atoms with Gasteiger partial charge in [-0.3, -0.25) is 38.5 Å². The van der Waals surface area contributed by atoms with Crippen LogP contribution in [0.3, 0.4) is 0 Å². The number of nitrogens with zero attached hydrogens (tertiary/aromatic N) is 8. The van der Waals surface area contributed by atoms with E-state index in [0.29, 0.717) is 171 Å². The number of aromatic amines is 3. The Bertz CT molecular complexity index is 5270. The lowest BCUT2D eigenvalue weighted by molar-refractivity contribution is -0.111. The number of amides is 11. The van der Waals surface area contributed by atoms with Gasteiger partial charge in [0.05, 0.1) is 46.6 Å². The average molecular weight is 1890 g/mol. The molecule has 6 aliphatic heterocycles. The summed E-state index contributed by atoms with van der Waals surface area (Å²) in [6, 6.07) is 12.3. The molecule has 3 aromatic carbocycles. The van der Waals surface area contributed by atoms with Gasteiger partial charge in [-0.15, -0.1) is 12.4 Å². The Balaban J connectivity index is 0.000000229. The van der Waals surface area contributed by atoms with E-state index in [9.17, 15) is 65.9 Å². The van der Waals surface area contributed by atoms with Crippen LogP contribution < -0.4 is 21.3 Å². The minimum atomic E-state index is -0.846. The number of aliphatic hydroxyl groups is 1. The molecule has 9 heterocycles. The van der Waals surface area contributed by atoms with Crippen LogP contribution in [-0.4, -0.2) is 273 Å². The third-order valence-electron chi connectivity index (χ3n) is 24.4. The molecule has 6 aliphatic rings. The van der Waals surface area contributed by atoms with Crippen LogP contribution in [0.15, 0.2) is 54.6 Å². The highest BCUT2D eigenvalue weighted by atomic mass is 35.5. The van der Waals surface area contributed by atoms with Crippen molar-refractivity contribution in [1.82, 2.24) is 59.5 Å². The van der Waals surface area contributed by atoms with Crippen LogP contribution in [-0.2, 0) is 33.3 Å². The van der Waals surface area contributed by atoms with E-state index in [-0.39, 0.29) is 105 Å². The first-order valence-electron chi connectivity index (χ1n) is 45.5. The Morgan fingerprint density at radius 2 is 0.729 bits per heavy atom. The van der Waals surface area contributed by atoms with Crippen LogP contribution in [0.4, 0.5) is 54.2 Å². The molecule has 3 aromatic heterocycles. The molecular weight excluding hydrogens is 1760 g/mol. The number of nitrogens with one attached hydrogen (secondary N) is 7. The first kappa shape index (κ1) is 107. The number of imide groups is 3. The summed E-state index contributed by atoms with van der Waals surface area (Å²) >= 11 is 5.73. The molecule has 0 bridgehead atoms. The zero-order valence-electron chi connectivity index (χ0n) is 79.8. The number of aromatic nitrogens is 3. The quantitative estimate of drug-likeness (QED) is 0.0108. The number of fused-ring (bicyclic) bond motifs is 3. The van der Waals surface area contributed by atoms with Crippen molar-refractivity contribution < 1.29 is 90.0 Å². The van der Waals surface area contributed by atoms with E-state index in [1.165, 1.54) is 59.5 Å². The van der Waals surface area contributed by atoms with Crippen molar-refractivity contribution in [1.29, 1.82) is 0 Å². The van der Waals surface area contributed by atoms with Crippen molar-refractivity contribution in [3.8, 4) is 0 Å². The first-order valence-corrected chi connectivity index (χ1v) is 45.9. The largest absolute Gasteiger partial charge is 0.449 e. The second-order valence-corrected chi connectivity index (χ2v) is 36.0. The number of piperidine rings is 3. The van der Waals surface area contributed by atoms with E-state index >= 15 is 0 Å². The average Bonchev–Trinajstić information content (AvgIpc) is 1.64. The van der Waals surface area contributed by atoms with Gasteiger partial charge in [0.25, 0.3) is 35.4 Å². The Labute approximate surface area is 788 Å². The second kappa shape index (κ2) is 48.7. The predicted molar refractivity (Wildman–Crippen MR) is 511 cm³/mol. The normalized spacial score (nSPS) is 15.9. The molecule has 3 saturated heterocycles. The molecule has 726 valence electrons. The number of aryl methyl sites for hydroxylation is 3. The fourth-order valence-corrected chi connectivity index (χ4v) is 16.6. The molecule has 0 aliphatic carbocycles. The molecular formula is C97H132Cl2F3N15O16. The van der Waals surface area contributed by atoms with Crippen molar-refractivity contribution in [3.05, 3.63) is 156 Å². The van der Waals surface area contributed by atoms with E-state index < -0.39 is 63.9 Å². The van der Waals surface area contributed by atoms with Crippen LogP contribution in [0.25, 0.3) is 34.9 Å². The zero-order chi connectivity index (χ0) is 96.9. The third kappa shape index (κ3) is 28.5. The van der Waals surface area contributed by atoms with Gasteiger partial charge >= 0.3 is 29.7 Å². The summed E-state index contributed by atoms with van der Waals surface area (Å²) < 4.78 is 63.7. The number of likely N-dealkylation sites (N-methyl/N-ethyl adjacent to an activating group) is 3. The van der Waals surface area contributed by atoms with Crippen LogP contribution in [0.5, 0.6) is 0 Å². The van der Waals surface area contributed by atoms with Crippen molar-refractivity contribution in [3.63, 3.8) is 0 Å². The summed E-state index contributed by atoms with van der Waals surface area (Å²) in [5.74, 6) is -3.24. The number of benzene rings is 3. The Morgan fingerprint density at radius 1 is 0.444 bits per heavy atom. The molecule has 0 atom stereocenters. The number of hydrogen-bond acceptors (Lipinski definition) is 20. The standard InChI is InChI=1S/C34H46FN5O6.C29H38FN5O4.C23H26ClFN4O3.C11H21NO3.ClH/c1-8-38(9-2)16-17-40(33(44)45-20-23-12-14-39(15-13-23)32(43)46-34(5,6)7)31(42)29-21(3)28(36-22(29)4)19-26-25-18-24(35)10-11-27(25)37-30(26)41;1-5-34(6-2)13-14-35(29(38)39-17-20-9-11-31-12-10-20)28(37)26-18(3)25(32-19(26)4)16-23-22-15-21(30)7-8-24(22)33-27(23)36;1-5-28(6-2)9-10-29(23(24)32)22(31)20-13(3)19(26-14(20)4)12-17-16-11-15(25)7-8-18(16)27-21(17)30;1-11(2,3)15-10(14)12-6-4-9(8-13)5-7-12;/h10-11,18-19,23,36H,8-9,12-17,20H2,1-7H3,(H,37,41);7-8,15-16,20,31-32H,5-6,9-14,17H2,1-4H3,(H,33,36);7-8,11-12,26H,5-6,9-10H2,1-4H3,(H,27,30);9,13H,4-8H2,1-3H3;1H/b26-19-;23-16-;17-12-;;. The van der Waals surface area contributed by atoms with Crippen molar-refractivity contribution in [2.75, 3.05) is 154 Å². The number of carbonyl (C=O) groups excluding carboxylic acids is 11. The lowest BCUT2D eigenvalue weighted by Crippen LogP contribution is -2.44. The van der Waals surface area contributed by atoms with Gasteiger partial charge in [-0.2, -0.15) is 0 Å². The fourth-order valence-electron chi connectivity index (χ4n) is 16.4. The summed E-state index contributed by atoms with van der Waals surface area (Å²) in [4.78, 5) is 164. The summed E-state index contributed by atoms with van der Waals surface area (Å²) in [6.07, 6.45) is 7.72. The summed E-state index contributed by atoms with van der Waals surface area (Å²) in [5, 5.41) is 19.6. The summed E-state index contributed by atoms with van der Waals surface area (Å²) in [7, 11) is 0.